The summed E-state index contributed by atoms with van der Waals surface area (Å²) in [5.74, 6) is 0. The zero-order chi connectivity index (χ0) is 10.6. The van der Waals surface area contributed by atoms with Gasteiger partial charge in [-0.25, -0.2) is 0 Å². The Morgan fingerprint density at radius 2 is 2.00 bits per heavy atom. The molecule has 0 aliphatic carbocycles. The van der Waals surface area contributed by atoms with Crippen molar-refractivity contribution in [1.29, 1.82) is 0 Å². The summed E-state index contributed by atoms with van der Waals surface area (Å²) < 4.78 is 5.36. The summed E-state index contributed by atoms with van der Waals surface area (Å²) in [5, 5.41) is 0. The van der Waals surface area contributed by atoms with Gasteiger partial charge >= 0.3 is 0 Å². The van der Waals surface area contributed by atoms with E-state index < -0.39 is 0 Å². The van der Waals surface area contributed by atoms with Crippen molar-refractivity contribution < 1.29 is 4.74 Å². The predicted octanol–water partition coefficient (Wildman–Crippen LogP) is 1.22. The highest BCUT2D eigenvalue weighted by Gasteiger charge is 2.31. The van der Waals surface area contributed by atoms with Crippen molar-refractivity contribution in [3.63, 3.8) is 0 Å². The molecule has 1 fully saturated rings. The minimum atomic E-state index is 0.193. The van der Waals surface area contributed by atoms with E-state index in [4.69, 9.17) is 10.5 Å². The summed E-state index contributed by atoms with van der Waals surface area (Å²) in [5.41, 5.74) is 6.04. The second-order valence-corrected chi connectivity index (χ2v) is 4.48. The fourth-order valence-corrected chi connectivity index (χ4v) is 2.13. The topological polar surface area (TPSA) is 38.5 Å². The Hall–Kier alpha value is -0.120. The molecular weight excluding hydrogens is 176 g/mol. The third kappa shape index (κ3) is 2.47. The zero-order valence-electron chi connectivity index (χ0n) is 9.75. The van der Waals surface area contributed by atoms with Gasteiger partial charge in [0.1, 0.15) is 0 Å². The van der Waals surface area contributed by atoms with E-state index in [2.05, 4.69) is 18.7 Å². The summed E-state index contributed by atoms with van der Waals surface area (Å²) in [4.78, 5) is 2.52. The molecule has 3 heteroatoms. The van der Waals surface area contributed by atoms with Crippen molar-refractivity contribution in [2.45, 2.75) is 44.8 Å². The molecule has 0 aromatic heterocycles. The smallest absolute Gasteiger partial charge is 0.0595 e. The normalized spacial score (nSPS) is 24.9. The zero-order valence-corrected chi connectivity index (χ0v) is 9.75. The summed E-state index contributed by atoms with van der Waals surface area (Å²) in [6, 6.07) is 0. The average molecular weight is 200 g/mol. The minimum Gasteiger partial charge on any atom is -0.381 e. The molecule has 0 aromatic carbocycles. The first-order chi connectivity index (χ1) is 6.66. The molecule has 1 aliphatic rings. The second-order valence-electron chi connectivity index (χ2n) is 4.48. The van der Waals surface area contributed by atoms with Gasteiger partial charge < -0.3 is 10.5 Å². The second kappa shape index (κ2) is 5.10. The molecule has 0 spiro atoms. The van der Waals surface area contributed by atoms with Crippen LogP contribution < -0.4 is 5.73 Å². The Kier molecular flexibility index (Phi) is 4.35. The number of piperidine rings is 1. The molecule has 84 valence electrons. The maximum Gasteiger partial charge on any atom is 0.0595 e. The van der Waals surface area contributed by atoms with Gasteiger partial charge in [-0.3, -0.25) is 4.90 Å². The molecule has 0 bridgehead atoms. The average Bonchev–Trinajstić information content (AvgIpc) is 2.28. The lowest BCUT2D eigenvalue weighted by Crippen LogP contribution is -2.54. The summed E-state index contributed by atoms with van der Waals surface area (Å²) in [6.45, 7) is 7.48. The molecule has 0 radical (unpaired) electrons. The Bertz CT molecular complexity index is 161. The number of nitrogens with two attached hydrogens (primary N) is 1. The molecule has 2 N–H and O–H groups in total. The van der Waals surface area contributed by atoms with Crippen LogP contribution in [0.2, 0.25) is 0 Å². The first-order valence-electron chi connectivity index (χ1n) is 5.64. The van der Waals surface area contributed by atoms with Gasteiger partial charge in [-0.2, -0.15) is 0 Å². The van der Waals surface area contributed by atoms with Crippen molar-refractivity contribution in [2.24, 2.45) is 5.73 Å². The van der Waals surface area contributed by atoms with Gasteiger partial charge in [0.05, 0.1) is 6.10 Å². The van der Waals surface area contributed by atoms with Crippen LogP contribution in [-0.2, 0) is 4.74 Å². The van der Waals surface area contributed by atoms with Crippen LogP contribution >= 0.6 is 0 Å². The van der Waals surface area contributed by atoms with Crippen molar-refractivity contribution in [2.75, 3.05) is 26.7 Å². The highest BCUT2D eigenvalue weighted by atomic mass is 16.5. The van der Waals surface area contributed by atoms with Crippen LogP contribution in [0.15, 0.2) is 0 Å². The van der Waals surface area contributed by atoms with Gasteiger partial charge in [-0.05, 0) is 26.2 Å². The van der Waals surface area contributed by atoms with Gasteiger partial charge in [-0.1, -0.05) is 6.92 Å². The molecule has 1 unspecified atom stereocenters. The quantitative estimate of drug-likeness (QED) is 0.741. The van der Waals surface area contributed by atoms with Gasteiger partial charge in [0.2, 0.25) is 0 Å². The SMILES string of the molecule is CCC(C)(CN)N1CCC(OC)CC1. The minimum absolute atomic E-state index is 0.193. The summed E-state index contributed by atoms with van der Waals surface area (Å²) in [7, 11) is 1.81. The van der Waals surface area contributed by atoms with Crippen LogP contribution in [0.4, 0.5) is 0 Å². The molecule has 1 heterocycles. The van der Waals surface area contributed by atoms with E-state index in [0.29, 0.717) is 6.10 Å². The molecule has 0 aromatic rings. The fourth-order valence-electron chi connectivity index (χ4n) is 2.13. The number of likely N-dealkylation sites (tertiary alicyclic amines) is 1. The van der Waals surface area contributed by atoms with E-state index in [1.165, 1.54) is 0 Å². The first kappa shape index (κ1) is 12.0. The van der Waals surface area contributed by atoms with Crippen LogP contribution in [0.5, 0.6) is 0 Å². The summed E-state index contributed by atoms with van der Waals surface area (Å²) >= 11 is 0. The lowest BCUT2D eigenvalue weighted by atomic mass is 9.93. The fraction of sp³-hybridized carbons (Fsp3) is 1.00. The molecule has 1 saturated heterocycles. The van der Waals surface area contributed by atoms with Crippen LogP contribution in [-0.4, -0.2) is 43.3 Å². The molecule has 0 amide bonds. The number of nitrogens with zero attached hydrogens (tertiary/aromatic N) is 1. The maximum atomic E-state index is 5.84. The predicted molar refractivity (Wildman–Crippen MR) is 59.4 cm³/mol. The van der Waals surface area contributed by atoms with Crippen molar-refractivity contribution in [3.8, 4) is 0 Å². The largest absolute Gasteiger partial charge is 0.381 e. The molecule has 14 heavy (non-hydrogen) atoms. The maximum absolute atomic E-state index is 5.84. The Morgan fingerprint density at radius 1 is 1.43 bits per heavy atom. The van der Waals surface area contributed by atoms with Gasteiger partial charge in [-0.15, -0.1) is 0 Å². The first-order valence-corrected chi connectivity index (χ1v) is 5.64. The number of ether oxygens (including phenoxy) is 1. The standard InChI is InChI=1S/C11H24N2O/c1-4-11(2,9-12)13-7-5-10(14-3)6-8-13/h10H,4-9,12H2,1-3H3. The highest BCUT2D eigenvalue weighted by molar-refractivity contribution is 4.89. The number of rotatable bonds is 4. The van der Waals surface area contributed by atoms with Gasteiger partial charge in [0.15, 0.2) is 0 Å². The van der Waals surface area contributed by atoms with Crippen LogP contribution in [0.25, 0.3) is 0 Å². The van der Waals surface area contributed by atoms with Gasteiger partial charge in [0, 0.05) is 32.3 Å². The monoisotopic (exact) mass is 200 g/mol. The third-order valence-corrected chi connectivity index (χ3v) is 3.74. The molecule has 3 nitrogen and oxygen atoms in total. The molecule has 1 atom stereocenters. The van der Waals surface area contributed by atoms with E-state index in [1.54, 1.807) is 0 Å². The van der Waals surface area contributed by atoms with E-state index in [0.717, 1.165) is 38.9 Å². The highest BCUT2D eigenvalue weighted by Crippen LogP contribution is 2.23. The van der Waals surface area contributed by atoms with E-state index in [1.807, 2.05) is 7.11 Å². The third-order valence-electron chi connectivity index (χ3n) is 3.74. The Labute approximate surface area is 87.6 Å². The number of methoxy groups -OCH3 is 1. The molecule has 0 saturated carbocycles. The molecule has 1 aliphatic heterocycles. The molecule has 1 rings (SSSR count). The Morgan fingerprint density at radius 3 is 2.36 bits per heavy atom. The lowest BCUT2D eigenvalue weighted by Gasteiger charge is -2.43. The Balaban J connectivity index is 2.47. The number of hydrogen-bond donors (Lipinski definition) is 1. The van der Waals surface area contributed by atoms with E-state index >= 15 is 0 Å². The molecular formula is C11H24N2O. The van der Waals surface area contributed by atoms with Crippen molar-refractivity contribution in [1.82, 2.24) is 4.90 Å². The van der Waals surface area contributed by atoms with Crippen LogP contribution in [0.3, 0.4) is 0 Å². The lowest BCUT2D eigenvalue weighted by molar-refractivity contribution is 0.00239. The van der Waals surface area contributed by atoms with Crippen molar-refractivity contribution in [3.05, 3.63) is 0 Å². The van der Waals surface area contributed by atoms with E-state index in [-0.39, 0.29) is 5.54 Å². The van der Waals surface area contributed by atoms with Gasteiger partial charge in [0.25, 0.3) is 0 Å². The van der Waals surface area contributed by atoms with Crippen molar-refractivity contribution >= 4 is 0 Å². The summed E-state index contributed by atoms with van der Waals surface area (Å²) in [6.07, 6.45) is 3.88. The van der Waals surface area contributed by atoms with Crippen LogP contribution in [0, 0.1) is 0 Å². The van der Waals surface area contributed by atoms with E-state index in [9.17, 15) is 0 Å². The number of hydrogen-bond acceptors (Lipinski definition) is 3. The van der Waals surface area contributed by atoms with Crippen LogP contribution in [0.1, 0.15) is 33.1 Å².